The summed E-state index contributed by atoms with van der Waals surface area (Å²) in [6, 6.07) is 8.59. The van der Waals surface area contributed by atoms with Gasteiger partial charge in [0.15, 0.2) is 0 Å². The normalized spacial score (nSPS) is 11.2. The predicted octanol–water partition coefficient (Wildman–Crippen LogP) is 3.77. The van der Waals surface area contributed by atoms with Crippen molar-refractivity contribution in [1.29, 1.82) is 0 Å². The van der Waals surface area contributed by atoms with Gasteiger partial charge in [-0.05, 0) is 49.1 Å². The zero-order chi connectivity index (χ0) is 23.5. The Kier molecular flexibility index (Phi) is 6.84. The summed E-state index contributed by atoms with van der Waals surface area (Å²) < 4.78 is 0. The average molecular weight is 426 g/mol. The number of carbonyl (C=O) groups is 4. The molecule has 0 aromatic heterocycles. The average Bonchev–Trinajstić information content (AvgIpc) is 2.65. The fraction of sp³-hybridized carbons (Fsp3) is 0.304. The lowest BCUT2D eigenvalue weighted by molar-refractivity contribution is 0.0676. The minimum atomic E-state index is -1.45. The summed E-state index contributed by atoms with van der Waals surface area (Å²) in [6.07, 6.45) is 0. The molecule has 0 radical (unpaired) electrons. The molecule has 2 rings (SSSR count). The quantitative estimate of drug-likeness (QED) is 0.556. The highest BCUT2D eigenvalue weighted by molar-refractivity contribution is 6.14. The van der Waals surface area contributed by atoms with Gasteiger partial charge in [0, 0.05) is 11.7 Å². The van der Waals surface area contributed by atoms with E-state index in [0.29, 0.717) is 5.69 Å². The van der Waals surface area contributed by atoms with Crippen LogP contribution in [0, 0.1) is 0 Å². The zero-order valence-electron chi connectivity index (χ0n) is 18.1. The van der Waals surface area contributed by atoms with Crippen LogP contribution in [-0.2, 0) is 5.41 Å². The monoisotopic (exact) mass is 426 g/mol. The largest absolute Gasteiger partial charge is 0.478 e. The summed E-state index contributed by atoms with van der Waals surface area (Å²) in [5, 5.41) is 24.2. The fourth-order valence-electron chi connectivity index (χ4n) is 2.92. The molecule has 31 heavy (non-hydrogen) atoms. The Balaban J connectivity index is 2.48. The Labute approximate surface area is 180 Å². The number of carboxylic acid groups (broad SMARTS) is 2. The van der Waals surface area contributed by atoms with Crippen LogP contribution in [0.25, 0.3) is 0 Å². The molecule has 0 heterocycles. The molecule has 0 bridgehead atoms. The molecule has 0 aliphatic carbocycles. The topological polar surface area (TPSA) is 133 Å². The van der Waals surface area contributed by atoms with Crippen LogP contribution >= 0.6 is 0 Å². The Hall–Kier alpha value is -3.68. The van der Waals surface area contributed by atoms with Gasteiger partial charge in [-0.2, -0.15) is 0 Å². The molecule has 0 unspecified atom stereocenters. The molecule has 0 aliphatic rings. The number of aromatic carboxylic acids is 2. The van der Waals surface area contributed by atoms with Gasteiger partial charge in [0.05, 0.1) is 22.3 Å². The van der Waals surface area contributed by atoms with Gasteiger partial charge in [-0.1, -0.05) is 32.9 Å². The smallest absolute Gasteiger partial charge is 0.336 e. The van der Waals surface area contributed by atoms with E-state index in [-0.39, 0.29) is 22.6 Å². The van der Waals surface area contributed by atoms with Crippen molar-refractivity contribution >= 4 is 29.4 Å². The van der Waals surface area contributed by atoms with Crippen molar-refractivity contribution in [2.45, 2.75) is 46.1 Å². The van der Waals surface area contributed by atoms with Crippen molar-refractivity contribution in [3.63, 3.8) is 0 Å². The Morgan fingerprint density at radius 2 is 1.23 bits per heavy atom. The van der Waals surface area contributed by atoms with Crippen LogP contribution in [0.1, 0.15) is 81.6 Å². The molecular weight excluding hydrogens is 400 g/mol. The molecule has 164 valence electrons. The van der Waals surface area contributed by atoms with Crippen molar-refractivity contribution in [3.05, 3.63) is 64.2 Å². The number of hydrogen-bond acceptors (Lipinski definition) is 4. The van der Waals surface area contributed by atoms with E-state index in [1.165, 1.54) is 0 Å². The van der Waals surface area contributed by atoms with Crippen LogP contribution in [0.15, 0.2) is 36.4 Å². The predicted molar refractivity (Wildman–Crippen MR) is 116 cm³/mol. The van der Waals surface area contributed by atoms with E-state index in [1.807, 2.05) is 32.9 Å². The van der Waals surface area contributed by atoms with Crippen LogP contribution < -0.4 is 10.6 Å². The minimum Gasteiger partial charge on any atom is -0.478 e. The standard InChI is InChI=1S/C23H26N2O6/c1-12(2)24-19(26)15-10-18(22(30)31)16(11-17(15)21(28)29)20(27)25-14-8-6-13(7-9-14)23(3,4)5/h6-12H,1-5H3,(H,24,26)(H,25,27)(H,28,29)(H,30,31). The second-order valence-corrected chi connectivity index (χ2v) is 8.46. The van der Waals surface area contributed by atoms with Crippen LogP contribution in [0.4, 0.5) is 5.69 Å². The van der Waals surface area contributed by atoms with E-state index in [0.717, 1.165) is 17.7 Å². The summed E-state index contributed by atoms with van der Waals surface area (Å²) in [5.74, 6) is -4.43. The van der Waals surface area contributed by atoms with Crippen LogP contribution in [0.2, 0.25) is 0 Å². The van der Waals surface area contributed by atoms with E-state index < -0.39 is 34.9 Å². The summed E-state index contributed by atoms with van der Waals surface area (Å²) >= 11 is 0. The zero-order valence-corrected chi connectivity index (χ0v) is 18.1. The van der Waals surface area contributed by atoms with E-state index in [1.54, 1.807) is 26.0 Å². The Bertz CT molecular complexity index is 1030. The number of carbonyl (C=O) groups excluding carboxylic acids is 2. The van der Waals surface area contributed by atoms with Gasteiger partial charge in [0.1, 0.15) is 0 Å². The number of carboxylic acids is 2. The van der Waals surface area contributed by atoms with E-state index in [2.05, 4.69) is 10.6 Å². The lowest BCUT2D eigenvalue weighted by atomic mass is 9.87. The first-order chi connectivity index (χ1) is 14.3. The molecular formula is C23H26N2O6. The molecule has 8 heteroatoms. The second kappa shape index (κ2) is 8.99. The second-order valence-electron chi connectivity index (χ2n) is 8.46. The van der Waals surface area contributed by atoms with Gasteiger partial charge in [0.2, 0.25) is 0 Å². The molecule has 0 saturated heterocycles. The van der Waals surface area contributed by atoms with Gasteiger partial charge >= 0.3 is 11.9 Å². The lowest BCUT2D eigenvalue weighted by Crippen LogP contribution is -2.32. The SMILES string of the molecule is CC(C)NC(=O)c1cc(C(=O)O)c(C(=O)Nc2ccc(C(C)(C)C)cc2)cc1C(=O)O. The minimum absolute atomic E-state index is 0.0816. The van der Waals surface area contributed by atoms with E-state index >= 15 is 0 Å². The number of rotatable bonds is 6. The summed E-state index contributed by atoms with van der Waals surface area (Å²) in [4.78, 5) is 48.6. The van der Waals surface area contributed by atoms with Crippen molar-refractivity contribution in [3.8, 4) is 0 Å². The number of amides is 2. The maximum Gasteiger partial charge on any atom is 0.336 e. The number of hydrogen-bond donors (Lipinski definition) is 4. The van der Waals surface area contributed by atoms with Gasteiger partial charge in [-0.3, -0.25) is 9.59 Å². The molecule has 2 aromatic rings. The molecule has 8 nitrogen and oxygen atoms in total. The lowest BCUT2D eigenvalue weighted by Gasteiger charge is -2.19. The molecule has 2 aromatic carbocycles. The van der Waals surface area contributed by atoms with Crippen LogP contribution in [0.3, 0.4) is 0 Å². The third-order valence-corrected chi connectivity index (χ3v) is 4.54. The highest BCUT2D eigenvalue weighted by Crippen LogP contribution is 2.24. The third kappa shape index (κ3) is 5.69. The fourth-order valence-corrected chi connectivity index (χ4v) is 2.92. The van der Waals surface area contributed by atoms with Gasteiger partial charge in [-0.25, -0.2) is 9.59 Å². The van der Waals surface area contributed by atoms with Crippen molar-refractivity contribution < 1.29 is 29.4 Å². The van der Waals surface area contributed by atoms with E-state index in [9.17, 15) is 29.4 Å². The third-order valence-electron chi connectivity index (χ3n) is 4.54. The molecule has 0 aliphatic heterocycles. The highest BCUT2D eigenvalue weighted by Gasteiger charge is 2.26. The molecule has 0 atom stereocenters. The van der Waals surface area contributed by atoms with Crippen LogP contribution in [0.5, 0.6) is 0 Å². The first kappa shape index (κ1) is 23.6. The Morgan fingerprint density at radius 3 is 1.61 bits per heavy atom. The van der Waals surface area contributed by atoms with Gasteiger partial charge in [-0.15, -0.1) is 0 Å². The molecule has 4 N–H and O–H groups in total. The summed E-state index contributed by atoms with van der Waals surface area (Å²) in [7, 11) is 0. The molecule has 0 saturated carbocycles. The summed E-state index contributed by atoms with van der Waals surface area (Å²) in [5.41, 5.74) is -0.227. The maximum absolute atomic E-state index is 12.8. The number of benzene rings is 2. The number of anilines is 1. The van der Waals surface area contributed by atoms with Crippen LogP contribution in [-0.4, -0.2) is 40.0 Å². The molecule has 0 fully saturated rings. The molecule has 2 amide bonds. The molecule has 0 spiro atoms. The Morgan fingerprint density at radius 1 is 0.774 bits per heavy atom. The van der Waals surface area contributed by atoms with Crippen molar-refractivity contribution in [2.24, 2.45) is 0 Å². The first-order valence-corrected chi connectivity index (χ1v) is 9.68. The van der Waals surface area contributed by atoms with Gasteiger partial charge < -0.3 is 20.8 Å². The van der Waals surface area contributed by atoms with Crippen molar-refractivity contribution in [1.82, 2.24) is 5.32 Å². The first-order valence-electron chi connectivity index (χ1n) is 9.68. The number of nitrogens with one attached hydrogen (secondary N) is 2. The summed E-state index contributed by atoms with van der Waals surface area (Å²) in [6.45, 7) is 9.50. The highest BCUT2D eigenvalue weighted by atomic mass is 16.4. The van der Waals surface area contributed by atoms with Gasteiger partial charge in [0.25, 0.3) is 11.8 Å². The maximum atomic E-state index is 12.8. The van der Waals surface area contributed by atoms with E-state index in [4.69, 9.17) is 0 Å². The van der Waals surface area contributed by atoms with Crippen molar-refractivity contribution in [2.75, 3.05) is 5.32 Å².